The van der Waals surface area contributed by atoms with Gasteiger partial charge in [0.2, 0.25) is 0 Å². The molecule has 1 aromatic heterocycles. The average Bonchev–Trinajstić information content (AvgIpc) is 3.07. The summed E-state index contributed by atoms with van der Waals surface area (Å²) in [6, 6.07) is 14.0. The molecule has 0 saturated carbocycles. The number of aryl methyl sites for hydroxylation is 1. The molecule has 3 aromatic rings. The number of methoxy groups -OCH3 is 1. The van der Waals surface area contributed by atoms with Crippen LogP contribution in [0.2, 0.25) is 0 Å². The summed E-state index contributed by atoms with van der Waals surface area (Å²) in [4.78, 5) is 5.51. The van der Waals surface area contributed by atoms with Gasteiger partial charge in [-0.3, -0.25) is 4.90 Å². The predicted molar refractivity (Wildman–Crippen MR) is 118 cm³/mol. The molecule has 0 amide bonds. The number of aliphatic hydroxyl groups is 1. The van der Waals surface area contributed by atoms with E-state index in [1.165, 1.54) is 5.56 Å². The van der Waals surface area contributed by atoms with Crippen molar-refractivity contribution in [1.29, 1.82) is 0 Å². The van der Waals surface area contributed by atoms with Crippen molar-refractivity contribution in [3.63, 3.8) is 0 Å². The largest absolute Gasteiger partial charge is 0.497 e. The van der Waals surface area contributed by atoms with Crippen molar-refractivity contribution in [3.8, 4) is 11.5 Å². The third kappa shape index (κ3) is 5.31. The van der Waals surface area contributed by atoms with Crippen LogP contribution in [0.5, 0.6) is 11.5 Å². The highest BCUT2D eigenvalue weighted by atomic mass is 16.5. The van der Waals surface area contributed by atoms with Crippen LogP contribution in [-0.4, -0.2) is 46.9 Å². The second-order valence-electron chi connectivity index (χ2n) is 8.51. The molecule has 5 heteroatoms. The number of nitrogens with zero attached hydrogens (tertiary/aromatic N) is 1. The van der Waals surface area contributed by atoms with E-state index in [-0.39, 0.29) is 12.1 Å². The molecule has 0 aliphatic carbocycles. The zero-order valence-corrected chi connectivity index (χ0v) is 18.0. The predicted octanol–water partition coefficient (Wildman–Crippen LogP) is 4.53. The van der Waals surface area contributed by atoms with Crippen LogP contribution >= 0.6 is 0 Å². The first-order valence-electron chi connectivity index (χ1n) is 10.0. The number of aromatic amines is 1. The van der Waals surface area contributed by atoms with Crippen LogP contribution in [0.25, 0.3) is 10.9 Å². The molecule has 0 bridgehead atoms. The summed E-state index contributed by atoms with van der Waals surface area (Å²) in [6.07, 6.45) is 1.38. The summed E-state index contributed by atoms with van der Waals surface area (Å²) < 4.78 is 11.2. The van der Waals surface area contributed by atoms with E-state index in [1.807, 2.05) is 36.5 Å². The molecule has 29 heavy (non-hydrogen) atoms. The summed E-state index contributed by atoms with van der Waals surface area (Å²) in [5, 5.41) is 11.8. The van der Waals surface area contributed by atoms with Crippen molar-refractivity contribution in [3.05, 3.63) is 59.8 Å². The molecule has 0 aliphatic rings. The van der Waals surface area contributed by atoms with Crippen LogP contribution in [0.3, 0.4) is 0 Å². The van der Waals surface area contributed by atoms with Crippen LogP contribution in [0.15, 0.2) is 48.7 Å². The summed E-state index contributed by atoms with van der Waals surface area (Å²) in [5.41, 5.74) is 3.28. The summed E-state index contributed by atoms with van der Waals surface area (Å²) >= 11 is 0. The molecule has 0 spiro atoms. The lowest BCUT2D eigenvalue weighted by Crippen LogP contribution is -2.46. The minimum absolute atomic E-state index is 0.0852. The smallest absolute Gasteiger partial charge is 0.129 e. The first kappa shape index (κ1) is 21.2. The van der Waals surface area contributed by atoms with Gasteiger partial charge < -0.3 is 19.6 Å². The van der Waals surface area contributed by atoms with Gasteiger partial charge in [0, 0.05) is 35.7 Å². The quantitative estimate of drug-likeness (QED) is 0.588. The Labute approximate surface area is 173 Å². The maximum Gasteiger partial charge on any atom is 0.129 e. The van der Waals surface area contributed by atoms with E-state index in [4.69, 9.17) is 9.47 Å². The van der Waals surface area contributed by atoms with Crippen LogP contribution in [0, 0.1) is 6.92 Å². The molecule has 2 N–H and O–H groups in total. The molecule has 0 radical (unpaired) electrons. The average molecular weight is 397 g/mol. The first-order valence-corrected chi connectivity index (χ1v) is 10.0. The molecule has 1 heterocycles. The molecular weight excluding hydrogens is 364 g/mol. The molecule has 5 nitrogen and oxygen atoms in total. The minimum Gasteiger partial charge on any atom is -0.497 e. The van der Waals surface area contributed by atoms with Crippen LogP contribution in [0.4, 0.5) is 0 Å². The number of β-amino-alcohol motifs (C(OH)–C–C–N with tert-alkyl or cyclic N) is 1. The monoisotopic (exact) mass is 396 g/mol. The fraction of sp³-hybridized carbons (Fsp3) is 0.417. The van der Waals surface area contributed by atoms with Gasteiger partial charge >= 0.3 is 0 Å². The lowest BCUT2D eigenvalue weighted by molar-refractivity contribution is 0.0287. The fourth-order valence-electron chi connectivity index (χ4n) is 3.46. The van der Waals surface area contributed by atoms with Crippen molar-refractivity contribution in [2.45, 2.75) is 45.9 Å². The van der Waals surface area contributed by atoms with Gasteiger partial charge in [-0.25, -0.2) is 0 Å². The topological polar surface area (TPSA) is 57.7 Å². The number of benzene rings is 2. The number of fused-ring (bicyclic) bond motifs is 1. The third-order valence-electron chi connectivity index (χ3n) is 5.21. The molecule has 156 valence electrons. The van der Waals surface area contributed by atoms with E-state index in [0.29, 0.717) is 6.54 Å². The summed E-state index contributed by atoms with van der Waals surface area (Å²) in [6.45, 7) is 10.1. The number of hydrogen-bond acceptors (Lipinski definition) is 4. The molecule has 0 saturated heterocycles. The molecule has 0 unspecified atom stereocenters. The number of ether oxygens (including phenoxy) is 2. The van der Waals surface area contributed by atoms with Gasteiger partial charge in [-0.15, -0.1) is 0 Å². The molecule has 1 atom stereocenters. The van der Waals surface area contributed by atoms with Crippen molar-refractivity contribution in [1.82, 2.24) is 9.88 Å². The summed E-state index contributed by atoms with van der Waals surface area (Å²) in [5.74, 6) is 1.65. The number of H-pyrrole nitrogens is 1. The second kappa shape index (κ2) is 8.89. The van der Waals surface area contributed by atoms with Gasteiger partial charge in [-0.05, 0) is 63.1 Å². The van der Waals surface area contributed by atoms with Gasteiger partial charge in [-0.1, -0.05) is 18.2 Å². The van der Waals surface area contributed by atoms with E-state index in [9.17, 15) is 5.11 Å². The second-order valence-corrected chi connectivity index (χ2v) is 8.51. The molecule has 0 fully saturated rings. The van der Waals surface area contributed by atoms with Crippen molar-refractivity contribution in [2.75, 3.05) is 20.3 Å². The zero-order chi connectivity index (χ0) is 21.0. The van der Waals surface area contributed by atoms with E-state index >= 15 is 0 Å². The molecular formula is C24H32N2O3. The Bertz CT molecular complexity index is 925. The number of aromatic nitrogens is 1. The van der Waals surface area contributed by atoms with Crippen LogP contribution < -0.4 is 9.47 Å². The Morgan fingerprint density at radius 1 is 1.10 bits per heavy atom. The minimum atomic E-state index is -0.595. The maximum absolute atomic E-state index is 10.7. The molecule has 0 aliphatic heterocycles. The Morgan fingerprint density at radius 2 is 1.83 bits per heavy atom. The first-order chi connectivity index (χ1) is 13.8. The number of nitrogens with one attached hydrogen (secondary N) is 1. The number of aliphatic hydroxyl groups excluding tert-OH is 1. The molecule has 3 rings (SSSR count). The lowest BCUT2D eigenvalue weighted by Gasteiger charge is -2.37. The Balaban J connectivity index is 1.65. The van der Waals surface area contributed by atoms with Gasteiger partial charge in [0.15, 0.2) is 0 Å². The van der Waals surface area contributed by atoms with Gasteiger partial charge in [0.05, 0.1) is 7.11 Å². The standard InChI is InChI=1S/C24H32N2O3/c1-17-13-25-21-7-6-8-22(23(17)21)29-16-19(27)15-26(24(2,3)4)14-18-9-11-20(28-5)12-10-18/h6-13,19,25,27H,14-16H2,1-5H3/t19-/m1/s1. The number of rotatable bonds is 8. The van der Waals surface area contributed by atoms with Crippen LogP contribution in [-0.2, 0) is 6.54 Å². The highest BCUT2D eigenvalue weighted by molar-refractivity contribution is 5.89. The Hall–Kier alpha value is -2.50. The van der Waals surface area contributed by atoms with Crippen molar-refractivity contribution < 1.29 is 14.6 Å². The van der Waals surface area contributed by atoms with E-state index in [1.54, 1.807) is 7.11 Å². The van der Waals surface area contributed by atoms with Gasteiger partial charge in [-0.2, -0.15) is 0 Å². The molecule has 2 aromatic carbocycles. The highest BCUT2D eigenvalue weighted by Gasteiger charge is 2.24. The van der Waals surface area contributed by atoms with E-state index < -0.39 is 6.10 Å². The maximum atomic E-state index is 10.7. The van der Waals surface area contributed by atoms with Crippen molar-refractivity contribution >= 4 is 10.9 Å². The van der Waals surface area contributed by atoms with E-state index in [0.717, 1.165) is 34.5 Å². The van der Waals surface area contributed by atoms with Crippen molar-refractivity contribution in [2.24, 2.45) is 0 Å². The Morgan fingerprint density at radius 3 is 2.48 bits per heavy atom. The van der Waals surface area contributed by atoms with Gasteiger partial charge in [0.25, 0.3) is 0 Å². The lowest BCUT2D eigenvalue weighted by atomic mass is 10.0. The Kier molecular flexibility index (Phi) is 6.50. The number of hydrogen-bond donors (Lipinski definition) is 2. The highest BCUT2D eigenvalue weighted by Crippen LogP contribution is 2.28. The van der Waals surface area contributed by atoms with E-state index in [2.05, 4.69) is 49.7 Å². The van der Waals surface area contributed by atoms with Crippen LogP contribution in [0.1, 0.15) is 31.9 Å². The third-order valence-corrected chi connectivity index (χ3v) is 5.21. The zero-order valence-electron chi connectivity index (χ0n) is 18.0. The normalized spacial score (nSPS) is 13.1. The van der Waals surface area contributed by atoms with Gasteiger partial charge in [0.1, 0.15) is 24.2 Å². The fourth-order valence-corrected chi connectivity index (χ4v) is 3.46. The summed E-state index contributed by atoms with van der Waals surface area (Å²) in [7, 11) is 1.67. The SMILES string of the molecule is COc1ccc(CN(C[C@@H](O)COc2cccc3[nH]cc(C)c23)C(C)(C)C)cc1.